The third-order valence-electron chi connectivity index (χ3n) is 2.91. The Morgan fingerprint density at radius 1 is 1.26 bits per heavy atom. The molecule has 1 aromatic heterocycles. The summed E-state index contributed by atoms with van der Waals surface area (Å²) in [5.74, 6) is 0.592. The van der Waals surface area contributed by atoms with Crippen LogP contribution in [-0.2, 0) is 10.0 Å². The minimum absolute atomic E-state index is 0.0229. The normalized spacial score (nSPS) is 11.8. The number of nitrogens with zero attached hydrogens (tertiary/aromatic N) is 1. The van der Waals surface area contributed by atoms with Gasteiger partial charge in [-0.25, -0.2) is 18.1 Å². The van der Waals surface area contributed by atoms with E-state index in [1.165, 1.54) is 12.3 Å². The van der Waals surface area contributed by atoms with Crippen LogP contribution in [0.2, 0.25) is 0 Å². The lowest BCUT2D eigenvalue weighted by molar-refractivity contribution is 0.530. The molecular weight excluding hydrogens is 262 g/mol. The summed E-state index contributed by atoms with van der Waals surface area (Å²) in [7, 11) is -3.46. The summed E-state index contributed by atoms with van der Waals surface area (Å²) in [6.07, 6.45) is 4.04. The molecule has 0 aliphatic heterocycles. The molecule has 0 spiro atoms. The molecular formula is C13H23N3O2S. The van der Waals surface area contributed by atoms with Gasteiger partial charge in [0, 0.05) is 24.8 Å². The monoisotopic (exact) mass is 285 g/mol. The molecule has 19 heavy (non-hydrogen) atoms. The maximum absolute atomic E-state index is 12.2. The number of aromatic nitrogens is 1. The highest BCUT2D eigenvalue weighted by molar-refractivity contribution is 7.89. The van der Waals surface area contributed by atoms with E-state index >= 15 is 0 Å². The van der Waals surface area contributed by atoms with Crippen molar-refractivity contribution in [2.45, 2.75) is 51.0 Å². The molecule has 0 atom stereocenters. The smallest absolute Gasteiger partial charge is 0.241 e. The molecule has 108 valence electrons. The highest BCUT2D eigenvalue weighted by Gasteiger charge is 2.18. The second-order valence-electron chi connectivity index (χ2n) is 4.44. The maximum atomic E-state index is 12.2. The Labute approximate surface area is 115 Å². The van der Waals surface area contributed by atoms with Crippen LogP contribution < -0.4 is 10.0 Å². The van der Waals surface area contributed by atoms with Gasteiger partial charge >= 0.3 is 0 Å². The minimum Gasteiger partial charge on any atom is -0.370 e. The van der Waals surface area contributed by atoms with Crippen molar-refractivity contribution in [1.82, 2.24) is 9.71 Å². The second kappa shape index (κ2) is 7.45. The molecule has 0 bridgehead atoms. The fraction of sp³-hybridized carbons (Fsp3) is 0.615. The van der Waals surface area contributed by atoms with Crippen LogP contribution in [0.1, 0.15) is 40.0 Å². The Bertz CT molecular complexity index is 484. The zero-order chi connectivity index (χ0) is 14.3. The SMILES string of the molecule is CCCNc1cc(S(=O)(=O)NC(CC)CC)ccn1. The van der Waals surface area contributed by atoms with E-state index in [-0.39, 0.29) is 10.9 Å². The number of sulfonamides is 1. The average molecular weight is 285 g/mol. The molecule has 0 saturated carbocycles. The lowest BCUT2D eigenvalue weighted by Gasteiger charge is -2.15. The standard InChI is InChI=1S/C13H23N3O2S/c1-4-8-14-13-10-12(7-9-15-13)19(17,18)16-11(5-2)6-3/h7,9-11,16H,4-6,8H2,1-3H3,(H,14,15). The van der Waals surface area contributed by atoms with Crippen molar-refractivity contribution in [3.8, 4) is 0 Å². The molecule has 0 aliphatic rings. The van der Waals surface area contributed by atoms with Gasteiger partial charge in [-0.3, -0.25) is 0 Å². The van der Waals surface area contributed by atoms with E-state index in [4.69, 9.17) is 0 Å². The van der Waals surface area contributed by atoms with Gasteiger partial charge in [0.1, 0.15) is 5.82 Å². The van der Waals surface area contributed by atoms with Crippen LogP contribution in [0.5, 0.6) is 0 Å². The number of hydrogen-bond acceptors (Lipinski definition) is 4. The van der Waals surface area contributed by atoms with Crippen LogP contribution in [0, 0.1) is 0 Å². The number of nitrogens with one attached hydrogen (secondary N) is 2. The molecule has 0 saturated heterocycles. The van der Waals surface area contributed by atoms with Gasteiger partial charge in [-0.05, 0) is 25.3 Å². The van der Waals surface area contributed by atoms with Gasteiger partial charge < -0.3 is 5.32 Å². The average Bonchev–Trinajstić information content (AvgIpc) is 2.43. The van der Waals surface area contributed by atoms with Crippen molar-refractivity contribution in [2.75, 3.05) is 11.9 Å². The van der Waals surface area contributed by atoms with Crippen LogP contribution in [-0.4, -0.2) is 26.0 Å². The van der Waals surface area contributed by atoms with Crippen LogP contribution in [0.25, 0.3) is 0 Å². The Balaban J connectivity index is 2.88. The predicted octanol–water partition coefficient (Wildman–Crippen LogP) is 2.37. The van der Waals surface area contributed by atoms with E-state index in [2.05, 4.69) is 15.0 Å². The van der Waals surface area contributed by atoms with Gasteiger partial charge in [0.2, 0.25) is 10.0 Å². The van der Waals surface area contributed by atoms with E-state index in [0.29, 0.717) is 5.82 Å². The zero-order valence-electron chi connectivity index (χ0n) is 11.8. The molecule has 1 aromatic rings. The fourth-order valence-electron chi connectivity index (χ4n) is 1.67. The summed E-state index contributed by atoms with van der Waals surface area (Å²) < 4.78 is 27.1. The summed E-state index contributed by atoms with van der Waals surface area (Å²) in [5.41, 5.74) is 0. The van der Waals surface area contributed by atoms with E-state index in [1.54, 1.807) is 6.07 Å². The number of hydrogen-bond donors (Lipinski definition) is 2. The van der Waals surface area contributed by atoms with Crippen molar-refractivity contribution in [3.63, 3.8) is 0 Å². The molecule has 1 heterocycles. The van der Waals surface area contributed by atoms with Crippen LogP contribution >= 0.6 is 0 Å². The number of anilines is 1. The van der Waals surface area contributed by atoms with E-state index in [0.717, 1.165) is 25.8 Å². The van der Waals surface area contributed by atoms with Gasteiger partial charge in [-0.15, -0.1) is 0 Å². The third kappa shape index (κ3) is 4.80. The lowest BCUT2D eigenvalue weighted by Crippen LogP contribution is -2.33. The first-order chi connectivity index (χ1) is 9.03. The molecule has 5 nitrogen and oxygen atoms in total. The third-order valence-corrected chi connectivity index (χ3v) is 4.42. The Kier molecular flexibility index (Phi) is 6.24. The summed E-state index contributed by atoms with van der Waals surface area (Å²) in [6, 6.07) is 3.06. The summed E-state index contributed by atoms with van der Waals surface area (Å²) in [6.45, 7) is 6.76. The Hall–Kier alpha value is -1.14. The van der Waals surface area contributed by atoms with Gasteiger partial charge in [0.05, 0.1) is 4.90 Å². The molecule has 0 amide bonds. The van der Waals surface area contributed by atoms with Crippen molar-refractivity contribution in [2.24, 2.45) is 0 Å². The van der Waals surface area contributed by atoms with Gasteiger partial charge in [0.25, 0.3) is 0 Å². The first kappa shape index (κ1) is 15.9. The van der Waals surface area contributed by atoms with Crippen LogP contribution in [0.4, 0.5) is 5.82 Å². The second-order valence-corrected chi connectivity index (χ2v) is 6.15. The van der Waals surface area contributed by atoms with Crippen molar-refractivity contribution in [1.29, 1.82) is 0 Å². The maximum Gasteiger partial charge on any atom is 0.241 e. The first-order valence-corrected chi connectivity index (χ1v) is 8.24. The Morgan fingerprint density at radius 3 is 2.53 bits per heavy atom. The van der Waals surface area contributed by atoms with Crippen molar-refractivity contribution in [3.05, 3.63) is 18.3 Å². The molecule has 0 fully saturated rings. The molecule has 2 N–H and O–H groups in total. The van der Waals surface area contributed by atoms with Crippen LogP contribution in [0.3, 0.4) is 0 Å². The molecule has 6 heteroatoms. The van der Waals surface area contributed by atoms with E-state index < -0.39 is 10.0 Å². The molecule has 1 rings (SSSR count). The van der Waals surface area contributed by atoms with Crippen molar-refractivity contribution >= 4 is 15.8 Å². The van der Waals surface area contributed by atoms with Gasteiger partial charge in [-0.1, -0.05) is 20.8 Å². The minimum atomic E-state index is -3.46. The number of pyridine rings is 1. The van der Waals surface area contributed by atoms with Crippen LogP contribution in [0.15, 0.2) is 23.2 Å². The molecule has 0 aromatic carbocycles. The molecule has 0 aliphatic carbocycles. The highest BCUT2D eigenvalue weighted by Crippen LogP contribution is 2.14. The fourth-order valence-corrected chi connectivity index (χ4v) is 3.09. The van der Waals surface area contributed by atoms with Crippen molar-refractivity contribution < 1.29 is 8.42 Å². The van der Waals surface area contributed by atoms with E-state index in [1.807, 2.05) is 20.8 Å². The lowest BCUT2D eigenvalue weighted by atomic mass is 10.2. The topological polar surface area (TPSA) is 71.1 Å². The highest BCUT2D eigenvalue weighted by atomic mass is 32.2. The summed E-state index contributed by atoms with van der Waals surface area (Å²) >= 11 is 0. The van der Waals surface area contributed by atoms with Gasteiger partial charge in [-0.2, -0.15) is 0 Å². The largest absolute Gasteiger partial charge is 0.370 e. The Morgan fingerprint density at radius 2 is 1.95 bits per heavy atom. The molecule has 0 radical (unpaired) electrons. The first-order valence-electron chi connectivity index (χ1n) is 6.75. The zero-order valence-corrected chi connectivity index (χ0v) is 12.6. The summed E-state index contributed by atoms with van der Waals surface area (Å²) in [5, 5.41) is 3.08. The van der Waals surface area contributed by atoms with Gasteiger partial charge in [0.15, 0.2) is 0 Å². The number of rotatable bonds is 8. The summed E-state index contributed by atoms with van der Waals surface area (Å²) in [4.78, 5) is 4.36. The van der Waals surface area contributed by atoms with E-state index in [9.17, 15) is 8.42 Å². The molecule has 0 unspecified atom stereocenters. The predicted molar refractivity (Wildman–Crippen MR) is 77.7 cm³/mol. The quantitative estimate of drug-likeness (QED) is 0.769.